The fourth-order valence-corrected chi connectivity index (χ4v) is 3.87. The topological polar surface area (TPSA) is 61.9 Å². The molecule has 0 spiro atoms. The fourth-order valence-electron chi connectivity index (χ4n) is 3.87. The number of amides is 3. The number of urea groups is 1. The fraction of sp³-hybridized carbons (Fsp3) is 0.333. The molecule has 6 nitrogen and oxygen atoms in total. The minimum atomic E-state index is -0.0910. The summed E-state index contributed by atoms with van der Waals surface area (Å²) >= 11 is 0. The first-order chi connectivity index (χ1) is 13.2. The molecule has 2 fully saturated rings. The van der Waals surface area contributed by atoms with Crippen LogP contribution in [-0.4, -0.2) is 43.6 Å². The second kappa shape index (κ2) is 7.31. The van der Waals surface area contributed by atoms with Crippen molar-refractivity contribution in [1.82, 2.24) is 10.2 Å². The lowest BCUT2D eigenvalue weighted by molar-refractivity contribution is 0.0735. The van der Waals surface area contributed by atoms with Gasteiger partial charge in [0.05, 0.1) is 13.2 Å². The van der Waals surface area contributed by atoms with E-state index in [1.165, 1.54) is 0 Å². The van der Waals surface area contributed by atoms with Gasteiger partial charge >= 0.3 is 6.03 Å². The lowest BCUT2D eigenvalue weighted by Crippen LogP contribution is -2.31. The normalized spacial score (nSPS) is 19.3. The van der Waals surface area contributed by atoms with Gasteiger partial charge in [-0.15, -0.1) is 0 Å². The van der Waals surface area contributed by atoms with E-state index < -0.39 is 0 Å². The summed E-state index contributed by atoms with van der Waals surface area (Å²) in [5.74, 6) is 0.831. The molecule has 0 aliphatic carbocycles. The van der Waals surface area contributed by atoms with Gasteiger partial charge in [-0.1, -0.05) is 12.1 Å². The summed E-state index contributed by atoms with van der Waals surface area (Å²) in [5, 5.41) is 2.79. The van der Waals surface area contributed by atoms with Crippen LogP contribution in [0.2, 0.25) is 0 Å². The average Bonchev–Trinajstić information content (AvgIpc) is 3.37. The standard InChI is InChI=1S/C21H23N3O3/c1-27-18-5-2-4-16(14-18)19-6-3-12-24(19)20(25)15-7-9-17(10-8-15)23-13-11-22-21(23)26/h2,4-5,7-10,14,19H,3,6,11-13H2,1H3,(H,22,26). The minimum absolute atomic E-state index is 0.0257. The van der Waals surface area contributed by atoms with E-state index >= 15 is 0 Å². The van der Waals surface area contributed by atoms with Crippen molar-refractivity contribution in [2.75, 3.05) is 31.6 Å². The predicted molar refractivity (Wildman–Crippen MR) is 103 cm³/mol. The summed E-state index contributed by atoms with van der Waals surface area (Å²) in [5.41, 5.74) is 2.56. The van der Waals surface area contributed by atoms with Gasteiger partial charge in [0.1, 0.15) is 5.75 Å². The first-order valence-electron chi connectivity index (χ1n) is 9.28. The summed E-state index contributed by atoms with van der Waals surface area (Å²) < 4.78 is 5.32. The van der Waals surface area contributed by atoms with E-state index in [1.807, 2.05) is 53.4 Å². The summed E-state index contributed by atoms with van der Waals surface area (Å²) in [7, 11) is 1.65. The van der Waals surface area contributed by atoms with Crippen LogP contribution in [-0.2, 0) is 0 Å². The average molecular weight is 365 g/mol. The van der Waals surface area contributed by atoms with E-state index in [1.54, 1.807) is 12.0 Å². The molecule has 0 radical (unpaired) electrons. The van der Waals surface area contributed by atoms with Gasteiger partial charge < -0.3 is 15.0 Å². The van der Waals surface area contributed by atoms with Gasteiger partial charge in [-0.3, -0.25) is 9.69 Å². The van der Waals surface area contributed by atoms with E-state index in [-0.39, 0.29) is 18.0 Å². The van der Waals surface area contributed by atoms with Crippen molar-refractivity contribution in [1.29, 1.82) is 0 Å². The SMILES string of the molecule is COc1cccc(C2CCCN2C(=O)c2ccc(N3CCNC3=O)cc2)c1. The second-order valence-electron chi connectivity index (χ2n) is 6.86. The lowest BCUT2D eigenvalue weighted by Gasteiger charge is -2.26. The molecular weight excluding hydrogens is 342 g/mol. The number of methoxy groups -OCH3 is 1. The van der Waals surface area contributed by atoms with Crippen molar-refractivity contribution in [2.45, 2.75) is 18.9 Å². The van der Waals surface area contributed by atoms with Crippen LogP contribution in [0.4, 0.5) is 10.5 Å². The van der Waals surface area contributed by atoms with E-state index in [9.17, 15) is 9.59 Å². The third-order valence-corrected chi connectivity index (χ3v) is 5.27. The Morgan fingerprint density at radius 3 is 2.67 bits per heavy atom. The maximum absolute atomic E-state index is 13.1. The van der Waals surface area contributed by atoms with Gasteiger partial charge in [0, 0.05) is 30.9 Å². The number of rotatable bonds is 4. The molecule has 0 saturated carbocycles. The Morgan fingerprint density at radius 1 is 1.15 bits per heavy atom. The zero-order valence-corrected chi connectivity index (χ0v) is 15.4. The maximum atomic E-state index is 13.1. The van der Waals surface area contributed by atoms with Crippen molar-refractivity contribution in [3.63, 3.8) is 0 Å². The number of ether oxygens (including phenoxy) is 1. The Morgan fingerprint density at radius 2 is 1.96 bits per heavy atom. The molecule has 1 atom stereocenters. The van der Waals surface area contributed by atoms with Crippen LogP contribution in [0.25, 0.3) is 0 Å². The molecule has 27 heavy (non-hydrogen) atoms. The smallest absolute Gasteiger partial charge is 0.321 e. The molecule has 0 aromatic heterocycles. The largest absolute Gasteiger partial charge is 0.497 e. The Bertz CT molecular complexity index is 850. The molecule has 140 valence electrons. The number of nitrogens with one attached hydrogen (secondary N) is 1. The highest BCUT2D eigenvalue weighted by atomic mass is 16.5. The molecule has 2 heterocycles. The molecule has 2 aliphatic heterocycles. The molecule has 2 aromatic carbocycles. The van der Waals surface area contributed by atoms with Crippen molar-refractivity contribution in [3.8, 4) is 5.75 Å². The molecule has 1 unspecified atom stereocenters. The molecule has 2 aliphatic rings. The number of likely N-dealkylation sites (tertiary alicyclic amines) is 1. The summed E-state index contributed by atoms with van der Waals surface area (Å²) in [6.45, 7) is 2.04. The van der Waals surface area contributed by atoms with Crippen molar-refractivity contribution < 1.29 is 14.3 Å². The molecular formula is C21H23N3O3. The van der Waals surface area contributed by atoms with Crippen LogP contribution in [0.1, 0.15) is 34.8 Å². The number of carbonyl (C=O) groups excluding carboxylic acids is 2. The third-order valence-electron chi connectivity index (χ3n) is 5.27. The first kappa shape index (κ1) is 17.4. The molecule has 0 bridgehead atoms. The van der Waals surface area contributed by atoms with E-state index in [0.717, 1.165) is 36.4 Å². The van der Waals surface area contributed by atoms with Crippen LogP contribution in [0, 0.1) is 0 Å². The van der Waals surface area contributed by atoms with Crippen molar-refractivity contribution in [3.05, 3.63) is 59.7 Å². The second-order valence-corrected chi connectivity index (χ2v) is 6.86. The summed E-state index contributed by atoms with van der Waals surface area (Å²) in [6, 6.07) is 15.2. The zero-order chi connectivity index (χ0) is 18.8. The van der Waals surface area contributed by atoms with Crippen LogP contribution in [0.3, 0.4) is 0 Å². The molecule has 2 aromatic rings. The lowest BCUT2D eigenvalue weighted by atomic mass is 10.0. The number of benzene rings is 2. The predicted octanol–water partition coefficient (Wildman–Crippen LogP) is 3.20. The molecule has 3 amide bonds. The number of hydrogen-bond acceptors (Lipinski definition) is 3. The number of nitrogens with zero attached hydrogens (tertiary/aromatic N) is 2. The zero-order valence-electron chi connectivity index (χ0n) is 15.4. The van der Waals surface area contributed by atoms with Gasteiger partial charge in [0.25, 0.3) is 5.91 Å². The minimum Gasteiger partial charge on any atom is -0.497 e. The van der Waals surface area contributed by atoms with Crippen LogP contribution < -0.4 is 15.0 Å². The van der Waals surface area contributed by atoms with Gasteiger partial charge in [-0.25, -0.2) is 4.79 Å². The summed E-state index contributed by atoms with van der Waals surface area (Å²) in [4.78, 5) is 28.5. The molecule has 4 rings (SSSR count). The van der Waals surface area contributed by atoms with Gasteiger partial charge in [0.2, 0.25) is 0 Å². The quantitative estimate of drug-likeness (QED) is 0.905. The Kier molecular flexibility index (Phi) is 4.71. The van der Waals surface area contributed by atoms with Gasteiger partial charge in [0.15, 0.2) is 0 Å². The third kappa shape index (κ3) is 3.35. The highest BCUT2D eigenvalue weighted by molar-refractivity contribution is 5.97. The Hall–Kier alpha value is -3.02. The number of carbonyl (C=O) groups is 2. The summed E-state index contributed by atoms with van der Waals surface area (Å²) in [6.07, 6.45) is 1.94. The van der Waals surface area contributed by atoms with E-state index in [0.29, 0.717) is 18.7 Å². The molecule has 2 saturated heterocycles. The van der Waals surface area contributed by atoms with E-state index in [2.05, 4.69) is 5.32 Å². The highest BCUT2D eigenvalue weighted by Crippen LogP contribution is 2.34. The van der Waals surface area contributed by atoms with Gasteiger partial charge in [-0.2, -0.15) is 0 Å². The van der Waals surface area contributed by atoms with E-state index in [4.69, 9.17) is 4.74 Å². The van der Waals surface area contributed by atoms with Crippen molar-refractivity contribution >= 4 is 17.6 Å². The van der Waals surface area contributed by atoms with Crippen LogP contribution in [0.15, 0.2) is 48.5 Å². The number of anilines is 1. The molecule has 6 heteroatoms. The van der Waals surface area contributed by atoms with Crippen LogP contribution >= 0.6 is 0 Å². The highest BCUT2D eigenvalue weighted by Gasteiger charge is 2.31. The monoisotopic (exact) mass is 365 g/mol. The van der Waals surface area contributed by atoms with Crippen LogP contribution in [0.5, 0.6) is 5.75 Å². The Labute approximate surface area is 158 Å². The first-order valence-corrected chi connectivity index (χ1v) is 9.28. The number of hydrogen-bond donors (Lipinski definition) is 1. The maximum Gasteiger partial charge on any atom is 0.321 e. The van der Waals surface area contributed by atoms with Gasteiger partial charge in [-0.05, 0) is 54.8 Å². The molecule has 1 N–H and O–H groups in total. The Balaban J connectivity index is 1.53. The van der Waals surface area contributed by atoms with Crippen molar-refractivity contribution in [2.24, 2.45) is 0 Å².